The van der Waals surface area contributed by atoms with Crippen molar-refractivity contribution in [3.63, 3.8) is 0 Å². The molecule has 0 atom stereocenters. The van der Waals surface area contributed by atoms with Gasteiger partial charge < -0.3 is 19.7 Å². The number of nitrogens with zero attached hydrogens (tertiary/aromatic N) is 1. The van der Waals surface area contributed by atoms with Gasteiger partial charge in [0.1, 0.15) is 0 Å². The van der Waals surface area contributed by atoms with Crippen LogP contribution in [0, 0.1) is 0 Å². The lowest BCUT2D eigenvalue weighted by molar-refractivity contribution is 0.0695. The fourth-order valence-corrected chi connectivity index (χ4v) is 2.51. The Hall–Kier alpha value is -1.10. The Morgan fingerprint density at radius 3 is 3.00 bits per heavy atom. The Kier molecular flexibility index (Phi) is 6.30. The molecule has 0 spiro atoms. The number of anilines is 1. The van der Waals surface area contributed by atoms with Crippen LogP contribution in [0.2, 0.25) is 0 Å². The van der Waals surface area contributed by atoms with E-state index >= 15 is 0 Å². The van der Waals surface area contributed by atoms with Crippen LogP contribution in [0.15, 0.2) is 18.2 Å². The van der Waals surface area contributed by atoms with Crippen molar-refractivity contribution in [1.29, 1.82) is 0 Å². The molecule has 0 saturated carbocycles. The maximum atomic E-state index is 5.43. The van der Waals surface area contributed by atoms with E-state index in [1.165, 1.54) is 23.2 Å². The minimum atomic E-state index is 0.678. The van der Waals surface area contributed by atoms with E-state index in [9.17, 15) is 0 Å². The van der Waals surface area contributed by atoms with Crippen LogP contribution < -0.4 is 10.2 Å². The van der Waals surface area contributed by atoms with Crippen molar-refractivity contribution >= 4 is 5.69 Å². The average molecular weight is 278 g/mol. The second-order valence-corrected chi connectivity index (χ2v) is 5.27. The van der Waals surface area contributed by atoms with Crippen LogP contribution in [0.5, 0.6) is 0 Å². The first kappa shape index (κ1) is 15.3. The van der Waals surface area contributed by atoms with Gasteiger partial charge in [-0.1, -0.05) is 12.1 Å². The van der Waals surface area contributed by atoms with E-state index in [1.54, 1.807) is 7.11 Å². The predicted octanol–water partition coefficient (Wildman–Crippen LogP) is 1.82. The van der Waals surface area contributed by atoms with Crippen molar-refractivity contribution in [3.8, 4) is 0 Å². The minimum absolute atomic E-state index is 0.678. The second kappa shape index (κ2) is 8.25. The highest BCUT2D eigenvalue weighted by atomic mass is 16.5. The molecule has 0 bridgehead atoms. The van der Waals surface area contributed by atoms with Gasteiger partial charge >= 0.3 is 0 Å². The number of methoxy groups -OCH3 is 1. The molecule has 4 nitrogen and oxygen atoms in total. The van der Waals surface area contributed by atoms with Gasteiger partial charge in [-0.2, -0.15) is 0 Å². The Morgan fingerprint density at radius 1 is 1.25 bits per heavy atom. The van der Waals surface area contributed by atoms with Gasteiger partial charge in [-0.05, 0) is 36.6 Å². The lowest BCUT2D eigenvalue weighted by Crippen LogP contribution is -2.17. The van der Waals surface area contributed by atoms with Crippen molar-refractivity contribution in [2.24, 2.45) is 0 Å². The van der Waals surface area contributed by atoms with Crippen molar-refractivity contribution in [2.45, 2.75) is 19.4 Å². The molecule has 112 valence electrons. The summed E-state index contributed by atoms with van der Waals surface area (Å²) >= 11 is 0. The highest BCUT2D eigenvalue weighted by Gasteiger charge is 2.15. The van der Waals surface area contributed by atoms with Crippen molar-refractivity contribution in [3.05, 3.63) is 29.3 Å². The van der Waals surface area contributed by atoms with Gasteiger partial charge in [-0.25, -0.2) is 0 Å². The smallest absolute Gasteiger partial charge is 0.0700 e. The van der Waals surface area contributed by atoms with E-state index in [0.717, 1.165) is 32.7 Å². The Labute approximate surface area is 122 Å². The van der Waals surface area contributed by atoms with Gasteiger partial charge in [0.15, 0.2) is 0 Å². The summed E-state index contributed by atoms with van der Waals surface area (Å²) < 4.78 is 10.4. The molecule has 1 aliphatic rings. The molecule has 0 unspecified atom stereocenters. The van der Waals surface area contributed by atoms with Gasteiger partial charge in [0.2, 0.25) is 0 Å². The Morgan fingerprint density at radius 2 is 2.15 bits per heavy atom. The summed E-state index contributed by atoms with van der Waals surface area (Å²) in [4.78, 5) is 2.32. The third-order valence-corrected chi connectivity index (χ3v) is 3.67. The van der Waals surface area contributed by atoms with Crippen LogP contribution in [0.1, 0.15) is 17.5 Å². The zero-order valence-corrected chi connectivity index (χ0v) is 12.7. The molecule has 1 N–H and O–H groups in total. The standard InChI is InChI=1S/C16H26N2O2/c1-18-8-6-15-12-14(4-5-16(15)18)13-17-7-3-9-20-11-10-19-2/h4-5,12,17H,3,6-11,13H2,1-2H3. The fourth-order valence-electron chi connectivity index (χ4n) is 2.51. The first-order valence-electron chi connectivity index (χ1n) is 7.41. The first-order valence-corrected chi connectivity index (χ1v) is 7.41. The molecule has 0 saturated heterocycles. The van der Waals surface area contributed by atoms with Crippen LogP contribution in [0.25, 0.3) is 0 Å². The van der Waals surface area contributed by atoms with E-state index < -0.39 is 0 Å². The summed E-state index contributed by atoms with van der Waals surface area (Å²) in [5.41, 5.74) is 4.24. The Balaban J connectivity index is 1.60. The molecular formula is C16H26N2O2. The lowest BCUT2D eigenvalue weighted by Gasteiger charge is -2.12. The zero-order chi connectivity index (χ0) is 14.2. The molecule has 0 aliphatic carbocycles. The molecule has 4 heteroatoms. The largest absolute Gasteiger partial charge is 0.382 e. The van der Waals surface area contributed by atoms with Crippen LogP contribution in [-0.4, -0.2) is 47.1 Å². The molecule has 0 radical (unpaired) electrons. The maximum absolute atomic E-state index is 5.43. The molecule has 2 rings (SSSR count). The number of benzene rings is 1. The van der Waals surface area contributed by atoms with E-state index in [0.29, 0.717) is 13.2 Å². The average Bonchev–Trinajstić information content (AvgIpc) is 2.83. The summed E-state index contributed by atoms with van der Waals surface area (Å²) in [7, 11) is 3.85. The topological polar surface area (TPSA) is 33.7 Å². The van der Waals surface area contributed by atoms with Gasteiger partial charge in [-0.3, -0.25) is 0 Å². The SMILES string of the molecule is COCCOCCCNCc1ccc2c(c1)CCN2C. The molecule has 1 heterocycles. The summed E-state index contributed by atoms with van der Waals surface area (Å²) in [6.07, 6.45) is 2.21. The van der Waals surface area contributed by atoms with Crippen molar-refractivity contribution < 1.29 is 9.47 Å². The minimum Gasteiger partial charge on any atom is -0.382 e. The van der Waals surface area contributed by atoms with Crippen LogP contribution >= 0.6 is 0 Å². The summed E-state index contributed by atoms with van der Waals surface area (Å²) in [6, 6.07) is 6.80. The maximum Gasteiger partial charge on any atom is 0.0700 e. The summed E-state index contributed by atoms with van der Waals surface area (Å²) in [6.45, 7) is 5.24. The van der Waals surface area contributed by atoms with Gasteiger partial charge in [0, 0.05) is 39.5 Å². The van der Waals surface area contributed by atoms with E-state index in [-0.39, 0.29) is 0 Å². The molecule has 0 fully saturated rings. The molecule has 20 heavy (non-hydrogen) atoms. The molecular weight excluding hydrogens is 252 g/mol. The number of likely N-dealkylation sites (N-methyl/N-ethyl adjacent to an activating group) is 1. The van der Waals surface area contributed by atoms with Crippen LogP contribution in [0.3, 0.4) is 0 Å². The van der Waals surface area contributed by atoms with E-state index in [1.807, 2.05) is 0 Å². The van der Waals surface area contributed by atoms with Crippen molar-refractivity contribution in [1.82, 2.24) is 5.32 Å². The number of ether oxygens (including phenoxy) is 2. The monoisotopic (exact) mass is 278 g/mol. The van der Waals surface area contributed by atoms with Crippen LogP contribution in [0.4, 0.5) is 5.69 Å². The molecule has 1 aromatic carbocycles. The fraction of sp³-hybridized carbons (Fsp3) is 0.625. The lowest BCUT2D eigenvalue weighted by atomic mass is 10.1. The van der Waals surface area contributed by atoms with E-state index in [4.69, 9.17) is 9.47 Å². The molecule has 1 aliphatic heterocycles. The third kappa shape index (κ3) is 4.47. The number of hydrogen-bond acceptors (Lipinski definition) is 4. The number of rotatable bonds is 9. The quantitative estimate of drug-likeness (QED) is 0.699. The molecule has 1 aromatic rings. The van der Waals surface area contributed by atoms with Crippen LogP contribution in [-0.2, 0) is 22.4 Å². The van der Waals surface area contributed by atoms with Gasteiger partial charge in [-0.15, -0.1) is 0 Å². The third-order valence-electron chi connectivity index (χ3n) is 3.67. The normalized spacial score (nSPS) is 13.8. The second-order valence-electron chi connectivity index (χ2n) is 5.27. The van der Waals surface area contributed by atoms with Crippen molar-refractivity contribution in [2.75, 3.05) is 52.0 Å². The predicted molar refractivity (Wildman–Crippen MR) is 82.4 cm³/mol. The summed E-state index contributed by atoms with van der Waals surface area (Å²) in [5.74, 6) is 0. The Bertz CT molecular complexity index is 409. The summed E-state index contributed by atoms with van der Waals surface area (Å²) in [5, 5.41) is 3.47. The first-order chi connectivity index (χ1) is 9.81. The molecule has 0 aromatic heterocycles. The molecule has 0 amide bonds. The number of fused-ring (bicyclic) bond motifs is 1. The van der Waals surface area contributed by atoms with E-state index in [2.05, 4.69) is 35.5 Å². The van der Waals surface area contributed by atoms with Gasteiger partial charge in [0.05, 0.1) is 13.2 Å². The zero-order valence-electron chi connectivity index (χ0n) is 12.7. The highest BCUT2D eigenvalue weighted by Crippen LogP contribution is 2.27. The van der Waals surface area contributed by atoms with Gasteiger partial charge in [0.25, 0.3) is 0 Å². The highest BCUT2D eigenvalue weighted by molar-refractivity contribution is 5.58. The number of nitrogens with one attached hydrogen (secondary N) is 1. The number of hydrogen-bond donors (Lipinski definition) is 1.